The minimum Gasteiger partial charge on any atom is -0.309 e. The largest absolute Gasteiger partial charge is 0.309 e. The Labute approximate surface area is 101 Å². The van der Waals surface area contributed by atoms with Crippen LogP contribution in [0.2, 0.25) is 0 Å². The lowest BCUT2D eigenvalue weighted by Gasteiger charge is -2.15. The number of hydrogen-bond acceptors (Lipinski definition) is 3. The minimum atomic E-state index is 0.653. The number of nitrogens with zero attached hydrogens (tertiary/aromatic N) is 1. The van der Waals surface area contributed by atoms with E-state index in [2.05, 4.69) is 18.3 Å². The second-order valence-electron chi connectivity index (χ2n) is 4.58. The topological polar surface area (TPSA) is 35.8 Å². The molecule has 0 spiro atoms. The van der Waals surface area contributed by atoms with Crippen molar-refractivity contribution in [3.8, 4) is 6.07 Å². The molecule has 1 unspecified atom stereocenters. The molecule has 86 valence electrons. The molecule has 0 amide bonds. The predicted molar refractivity (Wildman–Crippen MR) is 67.3 cm³/mol. The predicted octanol–water partition coefficient (Wildman–Crippen LogP) is 3.29. The molecule has 1 aliphatic carbocycles. The van der Waals surface area contributed by atoms with Crippen LogP contribution in [0.25, 0.3) is 0 Å². The maximum atomic E-state index is 8.74. The molecule has 1 N–H and O–H groups in total. The van der Waals surface area contributed by atoms with Crippen LogP contribution in [-0.4, -0.2) is 6.04 Å². The highest BCUT2D eigenvalue weighted by atomic mass is 32.1. The summed E-state index contributed by atoms with van der Waals surface area (Å²) in [6.45, 7) is 3.16. The van der Waals surface area contributed by atoms with Crippen LogP contribution in [0.4, 0.5) is 0 Å². The SMILES string of the molecule is CCC(CC1CC1)NCc1cc(C#N)cs1. The molecule has 0 bridgehead atoms. The molecule has 1 fully saturated rings. The summed E-state index contributed by atoms with van der Waals surface area (Å²) in [7, 11) is 0. The first kappa shape index (κ1) is 11.6. The summed E-state index contributed by atoms with van der Waals surface area (Å²) in [5.41, 5.74) is 0.789. The van der Waals surface area contributed by atoms with Crippen LogP contribution < -0.4 is 5.32 Å². The summed E-state index contributed by atoms with van der Waals surface area (Å²) in [5, 5.41) is 14.3. The van der Waals surface area contributed by atoms with E-state index in [1.165, 1.54) is 30.6 Å². The van der Waals surface area contributed by atoms with Gasteiger partial charge in [0, 0.05) is 22.8 Å². The fraction of sp³-hybridized carbons (Fsp3) is 0.615. The van der Waals surface area contributed by atoms with Crippen LogP contribution >= 0.6 is 11.3 Å². The van der Waals surface area contributed by atoms with Gasteiger partial charge in [-0.25, -0.2) is 0 Å². The van der Waals surface area contributed by atoms with Crippen molar-refractivity contribution in [2.45, 2.75) is 45.2 Å². The zero-order valence-electron chi connectivity index (χ0n) is 9.70. The molecule has 0 aliphatic heterocycles. The van der Waals surface area contributed by atoms with Crippen molar-refractivity contribution in [1.29, 1.82) is 5.26 Å². The lowest BCUT2D eigenvalue weighted by Crippen LogP contribution is -2.28. The monoisotopic (exact) mass is 234 g/mol. The first-order chi connectivity index (χ1) is 7.81. The van der Waals surface area contributed by atoms with Crippen molar-refractivity contribution in [3.05, 3.63) is 21.9 Å². The van der Waals surface area contributed by atoms with Gasteiger partial charge in [0.15, 0.2) is 0 Å². The Bertz CT molecular complexity index is 374. The molecule has 1 atom stereocenters. The van der Waals surface area contributed by atoms with E-state index < -0.39 is 0 Å². The van der Waals surface area contributed by atoms with Gasteiger partial charge in [0.1, 0.15) is 6.07 Å². The lowest BCUT2D eigenvalue weighted by molar-refractivity contribution is 0.446. The van der Waals surface area contributed by atoms with Crippen LogP contribution in [0.3, 0.4) is 0 Å². The van der Waals surface area contributed by atoms with E-state index in [0.29, 0.717) is 6.04 Å². The van der Waals surface area contributed by atoms with E-state index in [1.54, 1.807) is 11.3 Å². The van der Waals surface area contributed by atoms with Crippen molar-refractivity contribution in [1.82, 2.24) is 5.32 Å². The summed E-state index contributed by atoms with van der Waals surface area (Å²) < 4.78 is 0. The molecule has 2 nitrogen and oxygen atoms in total. The molecule has 2 rings (SSSR count). The van der Waals surface area contributed by atoms with Gasteiger partial charge in [-0.15, -0.1) is 11.3 Å². The molecule has 1 aromatic heterocycles. The van der Waals surface area contributed by atoms with Crippen LogP contribution in [0.1, 0.15) is 43.0 Å². The molecular weight excluding hydrogens is 216 g/mol. The molecule has 0 radical (unpaired) electrons. The second-order valence-corrected chi connectivity index (χ2v) is 5.57. The second kappa shape index (κ2) is 5.47. The number of hydrogen-bond donors (Lipinski definition) is 1. The van der Waals surface area contributed by atoms with Crippen molar-refractivity contribution >= 4 is 11.3 Å². The maximum absolute atomic E-state index is 8.74. The first-order valence-corrected chi connectivity index (χ1v) is 6.90. The van der Waals surface area contributed by atoms with E-state index >= 15 is 0 Å². The van der Waals surface area contributed by atoms with Crippen molar-refractivity contribution in [2.24, 2.45) is 5.92 Å². The molecule has 1 heterocycles. The molecule has 1 aromatic rings. The first-order valence-electron chi connectivity index (χ1n) is 6.02. The number of nitrogens with one attached hydrogen (secondary N) is 1. The molecule has 1 saturated carbocycles. The minimum absolute atomic E-state index is 0.653. The Kier molecular flexibility index (Phi) is 3.98. The van der Waals surface area contributed by atoms with E-state index in [9.17, 15) is 0 Å². The van der Waals surface area contributed by atoms with Gasteiger partial charge in [0.2, 0.25) is 0 Å². The van der Waals surface area contributed by atoms with Gasteiger partial charge in [0.05, 0.1) is 5.56 Å². The highest BCUT2D eigenvalue weighted by Crippen LogP contribution is 2.34. The summed E-state index contributed by atoms with van der Waals surface area (Å²) in [5.74, 6) is 0.982. The summed E-state index contributed by atoms with van der Waals surface area (Å²) in [6, 6.07) is 4.81. The molecular formula is C13H18N2S. The third-order valence-electron chi connectivity index (χ3n) is 3.16. The number of rotatable bonds is 6. The molecule has 0 saturated heterocycles. The Hall–Kier alpha value is -0.850. The molecule has 1 aliphatic rings. The van der Waals surface area contributed by atoms with Gasteiger partial charge in [-0.2, -0.15) is 5.26 Å². The van der Waals surface area contributed by atoms with Gasteiger partial charge < -0.3 is 5.32 Å². The third-order valence-corrected chi connectivity index (χ3v) is 4.09. The van der Waals surface area contributed by atoms with Gasteiger partial charge in [-0.3, -0.25) is 0 Å². The highest BCUT2D eigenvalue weighted by molar-refractivity contribution is 7.10. The van der Waals surface area contributed by atoms with Crippen LogP contribution in [-0.2, 0) is 6.54 Å². The van der Waals surface area contributed by atoms with Gasteiger partial charge >= 0.3 is 0 Å². The maximum Gasteiger partial charge on any atom is 0.100 e. The van der Waals surface area contributed by atoms with Gasteiger partial charge in [-0.1, -0.05) is 19.8 Å². The average molecular weight is 234 g/mol. The van der Waals surface area contributed by atoms with E-state index in [-0.39, 0.29) is 0 Å². The normalized spacial score (nSPS) is 17.0. The highest BCUT2D eigenvalue weighted by Gasteiger charge is 2.24. The zero-order valence-corrected chi connectivity index (χ0v) is 10.5. The van der Waals surface area contributed by atoms with Crippen molar-refractivity contribution in [2.75, 3.05) is 0 Å². The molecule has 0 aromatic carbocycles. The van der Waals surface area contributed by atoms with Crippen molar-refractivity contribution < 1.29 is 0 Å². The van der Waals surface area contributed by atoms with E-state index in [4.69, 9.17) is 5.26 Å². The Morgan fingerprint density at radius 2 is 2.44 bits per heavy atom. The number of nitriles is 1. The van der Waals surface area contributed by atoms with Crippen LogP contribution in [0.15, 0.2) is 11.4 Å². The summed E-state index contributed by atoms with van der Waals surface area (Å²) in [6.07, 6.45) is 5.38. The smallest absolute Gasteiger partial charge is 0.100 e. The lowest BCUT2D eigenvalue weighted by atomic mass is 10.1. The fourth-order valence-electron chi connectivity index (χ4n) is 1.93. The zero-order chi connectivity index (χ0) is 11.4. The summed E-state index contributed by atoms with van der Waals surface area (Å²) in [4.78, 5) is 1.27. The molecule has 3 heteroatoms. The quantitative estimate of drug-likeness (QED) is 0.820. The standard InChI is InChI=1S/C13H18N2S/c1-2-12(5-10-3-4-10)15-8-13-6-11(7-14)9-16-13/h6,9-10,12,15H,2-5,8H2,1H3. The number of thiophene rings is 1. The molecule has 16 heavy (non-hydrogen) atoms. The Balaban J connectivity index is 1.78. The van der Waals surface area contributed by atoms with Gasteiger partial charge in [-0.05, 0) is 24.8 Å². The third kappa shape index (κ3) is 3.33. The van der Waals surface area contributed by atoms with Gasteiger partial charge in [0.25, 0.3) is 0 Å². The Morgan fingerprint density at radius 1 is 1.62 bits per heavy atom. The van der Waals surface area contributed by atoms with Crippen LogP contribution in [0.5, 0.6) is 0 Å². The van der Waals surface area contributed by atoms with E-state index in [0.717, 1.165) is 18.0 Å². The van der Waals surface area contributed by atoms with Crippen LogP contribution in [0, 0.1) is 17.2 Å². The average Bonchev–Trinajstić information content (AvgIpc) is 3.00. The fourth-order valence-corrected chi connectivity index (χ4v) is 2.69. The Morgan fingerprint density at radius 3 is 3.00 bits per heavy atom. The summed E-state index contributed by atoms with van der Waals surface area (Å²) >= 11 is 1.68. The van der Waals surface area contributed by atoms with E-state index in [1.807, 2.05) is 11.4 Å². The van der Waals surface area contributed by atoms with Crippen molar-refractivity contribution in [3.63, 3.8) is 0 Å².